The van der Waals surface area contributed by atoms with Crippen molar-refractivity contribution in [3.8, 4) is 0 Å². The van der Waals surface area contributed by atoms with Gasteiger partial charge >= 0.3 is 0 Å². The van der Waals surface area contributed by atoms with E-state index in [1.54, 1.807) is 17.0 Å². The number of amides is 1. The molecule has 0 saturated carbocycles. The van der Waals surface area contributed by atoms with Crippen LogP contribution in [0.4, 0.5) is 10.1 Å². The Labute approximate surface area is 174 Å². The molecule has 1 atom stereocenters. The summed E-state index contributed by atoms with van der Waals surface area (Å²) in [6.07, 6.45) is 1.84. The summed E-state index contributed by atoms with van der Waals surface area (Å²) in [6.45, 7) is 6.49. The fourth-order valence-electron chi connectivity index (χ4n) is 4.20. The first kappa shape index (κ1) is 20.0. The molecular formula is C20H26FN5O2S. The highest BCUT2D eigenvalue weighted by Crippen LogP contribution is 2.28. The average Bonchev–Trinajstić information content (AvgIpc) is 3.14. The molecule has 2 aliphatic heterocycles. The summed E-state index contributed by atoms with van der Waals surface area (Å²) >= 11 is 5.29. The maximum absolute atomic E-state index is 14.7. The predicted molar refractivity (Wildman–Crippen MR) is 110 cm³/mol. The number of H-pyrrole nitrogens is 1. The Morgan fingerprint density at radius 2 is 2.14 bits per heavy atom. The molecule has 0 spiro atoms. The molecule has 0 aliphatic carbocycles. The first-order chi connectivity index (χ1) is 14.1. The molecule has 7 nitrogen and oxygen atoms in total. The Kier molecular flexibility index (Phi) is 5.96. The highest BCUT2D eigenvalue weighted by atomic mass is 32.1. The number of halogens is 1. The van der Waals surface area contributed by atoms with Crippen molar-refractivity contribution in [3.63, 3.8) is 0 Å². The molecule has 1 amide bonds. The van der Waals surface area contributed by atoms with E-state index in [1.165, 1.54) is 6.07 Å². The number of nitrogens with one attached hydrogen (secondary N) is 1. The number of carbonyl (C=O) groups excluding carboxylic acids is 1. The predicted octanol–water partition coefficient (Wildman–Crippen LogP) is 2.96. The maximum atomic E-state index is 14.7. The summed E-state index contributed by atoms with van der Waals surface area (Å²) in [6, 6.07) is 4.79. The minimum atomic E-state index is -0.363. The largest absolute Gasteiger partial charge is 0.378 e. The van der Waals surface area contributed by atoms with Crippen molar-refractivity contribution in [3.05, 3.63) is 40.2 Å². The number of anilines is 1. The molecule has 29 heavy (non-hydrogen) atoms. The Morgan fingerprint density at radius 1 is 1.34 bits per heavy atom. The molecule has 1 aromatic heterocycles. The number of ether oxygens (including phenoxy) is 1. The van der Waals surface area contributed by atoms with Crippen molar-refractivity contribution in [2.75, 3.05) is 44.3 Å². The molecule has 4 rings (SSSR count). The second-order valence-corrected chi connectivity index (χ2v) is 7.87. The molecular weight excluding hydrogens is 393 g/mol. The van der Waals surface area contributed by atoms with Crippen molar-refractivity contribution in [1.82, 2.24) is 19.7 Å². The normalized spacial score (nSPS) is 20.1. The molecule has 9 heteroatoms. The van der Waals surface area contributed by atoms with Gasteiger partial charge in [0.05, 0.1) is 18.9 Å². The third-order valence-electron chi connectivity index (χ3n) is 5.72. The Morgan fingerprint density at radius 3 is 2.86 bits per heavy atom. The molecule has 3 heterocycles. The van der Waals surface area contributed by atoms with E-state index in [2.05, 4.69) is 10.2 Å². The van der Waals surface area contributed by atoms with Crippen LogP contribution in [0.2, 0.25) is 0 Å². The third kappa shape index (κ3) is 4.06. The number of nitrogens with zero attached hydrogens (tertiary/aromatic N) is 4. The van der Waals surface area contributed by atoms with Gasteiger partial charge in [0.25, 0.3) is 5.91 Å². The zero-order valence-corrected chi connectivity index (χ0v) is 17.4. The van der Waals surface area contributed by atoms with Crippen LogP contribution in [0.25, 0.3) is 0 Å². The van der Waals surface area contributed by atoms with Crippen LogP contribution in [0.15, 0.2) is 18.2 Å². The van der Waals surface area contributed by atoms with Crippen LogP contribution >= 0.6 is 12.2 Å². The van der Waals surface area contributed by atoms with E-state index in [0.717, 1.165) is 25.2 Å². The van der Waals surface area contributed by atoms with E-state index in [1.807, 2.05) is 16.4 Å². The van der Waals surface area contributed by atoms with Crippen molar-refractivity contribution >= 4 is 23.8 Å². The number of morpholine rings is 1. The number of likely N-dealkylation sites (tertiary alicyclic amines) is 1. The first-order valence-electron chi connectivity index (χ1n) is 10.1. The van der Waals surface area contributed by atoms with E-state index in [4.69, 9.17) is 17.0 Å². The first-order valence-corrected chi connectivity index (χ1v) is 10.6. The molecule has 1 unspecified atom stereocenters. The van der Waals surface area contributed by atoms with E-state index in [9.17, 15) is 9.18 Å². The third-order valence-corrected chi connectivity index (χ3v) is 6.04. The lowest BCUT2D eigenvalue weighted by Crippen LogP contribution is -2.40. The molecule has 1 N–H and O–H groups in total. The minimum absolute atomic E-state index is 0.123. The molecule has 2 fully saturated rings. The van der Waals surface area contributed by atoms with Crippen molar-refractivity contribution in [1.29, 1.82) is 0 Å². The molecule has 2 aromatic rings. The van der Waals surface area contributed by atoms with Gasteiger partial charge in [0.2, 0.25) is 0 Å². The minimum Gasteiger partial charge on any atom is -0.378 e. The van der Waals surface area contributed by atoms with Gasteiger partial charge in [-0.05, 0) is 50.2 Å². The Balaban J connectivity index is 1.50. The van der Waals surface area contributed by atoms with Crippen LogP contribution < -0.4 is 4.90 Å². The van der Waals surface area contributed by atoms with Gasteiger partial charge in [0.1, 0.15) is 11.6 Å². The lowest BCUT2D eigenvalue weighted by Gasteiger charge is -2.33. The highest BCUT2D eigenvalue weighted by Gasteiger charge is 2.29. The number of carbonyl (C=O) groups is 1. The molecule has 2 saturated heterocycles. The smallest absolute Gasteiger partial charge is 0.253 e. The number of rotatable bonds is 4. The van der Waals surface area contributed by atoms with E-state index >= 15 is 0 Å². The van der Waals surface area contributed by atoms with Crippen LogP contribution in [-0.2, 0) is 11.3 Å². The van der Waals surface area contributed by atoms with Gasteiger partial charge in [-0.15, -0.1) is 0 Å². The van der Waals surface area contributed by atoms with Crippen LogP contribution in [0.5, 0.6) is 0 Å². The van der Waals surface area contributed by atoms with Gasteiger partial charge in [-0.25, -0.2) is 4.39 Å². The molecule has 0 radical (unpaired) electrons. The van der Waals surface area contributed by atoms with Crippen molar-refractivity contribution < 1.29 is 13.9 Å². The zero-order chi connectivity index (χ0) is 20.4. The Hall–Kier alpha value is -2.26. The Bertz CT molecular complexity index is 937. The molecule has 0 bridgehead atoms. The number of hydrogen-bond acceptors (Lipinski definition) is 5. The summed E-state index contributed by atoms with van der Waals surface area (Å²) in [5.74, 6) is 0.513. The van der Waals surface area contributed by atoms with Gasteiger partial charge in [-0.3, -0.25) is 9.89 Å². The summed E-state index contributed by atoms with van der Waals surface area (Å²) in [5, 5.41) is 7.24. The molecule has 1 aromatic carbocycles. The van der Waals surface area contributed by atoms with Crippen LogP contribution in [0.3, 0.4) is 0 Å². The topological polar surface area (TPSA) is 66.4 Å². The van der Waals surface area contributed by atoms with Crippen LogP contribution in [0.1, 0.15) is 41.9 Å². The standard InChI is InChI=1S/C20H26FN5O2S/c1-2-26-18(22-23-20(26)29)15-4-3-7-25(13-15)19(27)14-5-6-17(16(21)12-14)24-8-10-28-11-9-24/h5-6,12,15H,2-4,7-11,13H2,1H3,(H,23,29). The lowest BCUT2D eigenvalue weighted by molar-refractivity contribution is 0.0702. The zero-order valence-electron chi connectivity index (χ0n) is 16.6. The number of aromatic nitrogens is 3. The number of hydrogen-bond donors (Lipinski definition) is 1. The van der Waals surface area contributed by atoms with Gasteiger partial charge in [0, 0.05) is 44.2 Å². The molecule has 2 aliphatic rings. The van der Waals surface area contributed by atoms with Gasteiger partial charge in [0.15, 0.2) is 4.77 Å². The maximum Gasteiger partial charge on any atom is 0.253 e. The van der Waals surface area contributed by atoms with Crippen molar-refractivity contribution in [2.24, 2.45) is 0 Å². The number of aromatic amines is 1. The average molecular weight is 420 g/mol. The second kappa shape index (κ2) is 8.62. The van der Waals surface area contributed by atoms with E-state index < -0.39 is 0 Å². The van der Waals surface area contributed by atoms with E-state index in [0.29, 0.717) is 55.4 Å². The summed E-state index contributed by atoms with van der Waals surface area (Å²) in [4.78, 5) is 16.8. The second-order valence-electron chi connectivity index (χ2n) is 7.49. The van der Waals surface area contributed by atoms with Gasteiger partial charge in [-0.2, -0.15) is 5.10 Å². The highest BCUT2D eigenvalue weighted by molar-refractivity contribution is 7.71. The fraction of sp³-hybridized carbons (Fsp3) is 0.550. The lowest BCUT2D eigenvalue weighted by atomic mass is 9.96. The summed E-state index contributed by atoms with van der Waals surface area (Å²) < 4.78 is 22.6. The van der Waals surface area contributed by atoms with Crippen LogP contribution in [-0.4, -0.2) is 65.0 Å². The number of benzene rings is 1. The fourth-order valence-corrected chi connectivity index (χ4v) is 4.47. The monoisotopic (exact) mass is 419 g/mol. The molecule has 156 valence electrons. The van der Waals surface area contributed by atoms with Crippen LogP contribution in [0, 0.1) is 10.6 Å². The summed E-state index contributed by atoms with van der Waals surface area (Å²) in [7, 11) is 0. The summed E-state index contributed by atoms with van der Waals surface area (Å²) in [5.41, 5.74) is 0.911. The van der Waals surface area contributed by atoms with E-state index in [-0.39, 0.29) is 17.6 Å². The number of piperidine rings is 1. The van der Waals surface area contributed by atoms with Gasteiger partial charge < -0.3 is 19.1 Å². The quantitative estimate of drug-likeness (QED) is 0.772. The van der Waals surface area contributed by atoms with Crippen molar-refractivity contribution in [2.45, 2.75) is 32.2 Å². The SMILES string of the molecule is CCn1c(C2CCCN(C(=O)c3ccc(N4CCOCC4)c(F)c3)C2)n[nH]c1=S. The van der Waals surface area contributed by atoms with Gasteiger partial charge in [-0.1, -0.05) is 0 Å².